The van der Waals surface area contributed by atoms with E-state index in [1.165, 1.54) is 30.1 Å². The lowest BCUT2D eigenvalue weighted by molar-refractivity contribution is -0.136. The molecule has 0 atom stereocenters. The van der Waals surface area contributed by atoms with Crippen LogP contribution in [-0.2, 0) is 14.3 Å². The molecule has 28 heavy (non-hydrogen) atoms. The van der Waals surface area contributed by atoms with E-state index in [1.807, 2.05) is 32.0 Å². The molecule has 0 radical (unpaired) electrons. The summed E-state index contributed by atoms with van der Waals surface area (Å²) in [6.45, 7) is 3.12. The van der Waals surface area contributed by atoms with E-state index in [4.69, 9.17) is 22.1 Å². The van der Waals surface area contributed by atoms with E-state index in [-0.39, 0.29) is 23.7 Å². The average molecular weight is 404 g/mol. The van der Waals surface area contributed by atoms with Crippen LogP contribution in [-0.4, -0.2) is 42.9 Å². The Bertz CT molecular complexity index is 894. The number of esters is 1. The average Bonchev–Trinajstić information content (AvgIpc) is 2.64. The smallest absolute Gasteiger partial charge is 0.338 e. The number of para-hydroxylation sites is 1. The summed E-state index contributed by atoms with van der Waals surface area (Å²) in [5.41, 5.74) is 8.65. The van der Waals surface area contributed by atoms with Gasteiger partial charge in [0.05, 0.1) is 22.8 Å². The highest BCUT2D eigenvalue weighted by atomic mass is 35.5. The first-order valence-electron chi connectivity index (χ1n) is 8.51. The van der Waals surface area contributed by atoms with Crippen LogP contribution in [0.25, 0.3) is 0 Å². The zero-order chi connectivity index (χ0) is 20.8. The first-order valence-corrected chi connectivity index (χ1v) is 8.89. The van der Waals surface area contributed by atoms with Crippen LogP contribution in [0.1, 0.15) is 21.5 Å². The number of carbonyl (C=O) groups is 3. The number of halogens is 1. The molecule has 0 bridgehead atoms. The third-order valence-electron chi connectivity index (χ3n) is 4.11. The van der Waals surface area contributed by atoms with Crippen molar-refractivity contribution in [2.45, 2.75) is 13.8 Å². The number of hydrogen-bond donors (Lipinski definition) is 2. The van der Waals surface area contributed by atoms with Crippen molar-refractivity contribution in [1.29, 1.82) is 0 Å². The van der Waals surface area contributed by atoms with E-state index in [2.05, 4.69) is 5.32 Å². The number of amides is 2. The Morgan fingerprint density at radius 1 is 1.14 bits per heavy atom. The minimum atomic E-state index is -0.704. The van der Waals surface area contributed by atoms with Crippen molar-refractivity contribution >= 4 is 40.8 Å². The molecular weight excluding hydrogens is 382 g/mol. The number of rotatable bonds is 6. The number of nitrogen functional groups attached to an aromatic ring is 1. The zero-order valence-electron chi connectivity index (χ0n) is 15.9. The van der Waals surface area contributed by atoms with Gasteiger partial charge in [-0.2, -0.15) is 0 Å². The Labute approximate surface area is 168 Å². The molecule has 2 amide bonds. The van der Waals surface area contributed by atoms with Crippen molar-refractivity contribution in [3.05, 3.63) is 58.1 Å². The number of aryl methyl sites for hydroxylation is 2. The highest BCUT2D eigenvalue weighted by molar-refractivity contribution is 6.33. The maximum absolute atomic E-state index is 12.2. The van der Waals surface area contributed by atoms with Gasteiger partial charge in [-0.15, -0.1) is 0 Å². The Morgan fingerprint density at radius 3 is 2.39 bits per heavy atom. The van der Waals surface area contributed by atoms with Crippen LogP contribution in [0.5, 0.6) is 0 Å². The van der Waals surface area contributed by atoms with Crippen LogP contribution in [0.15, 0.2) is 36.4 Å². The van der Waals surface area contributed by atoms with Gasteiger partial charge in [-0.25, -0.2) is 4.79 Å². The molecule has 0 aliphatic rings. The summed E-state index contributed by atoms with van der Waals surface area (Å²) in [6, 6.07) is 9.98. The number of anilines is 2. The Kier molecular flexibility index (Phi) is 7.00. The minimum Gasteiger partial charge on any atom is -0.452 e. The molecule has 2 rings (SSSR count). The second-order valence-corrected chi connectivity index (χ2v) is 6.78. The molecule has 3 N–H and O–H groups in total. The van der Waals surface area contributed by atoms with Crippen molar-refractivity contribution in [1.82, 2.24) is 4.90 Å². The van der Waals surface area contributed by atoms with Gasteiger partial charge in [0.1, 0.15) is 0 Å². The summed E-state index contributed by atoms with van der Waals surface area (Å²) in [5.74, 6) is -1.55. The lowest BCUT2D eigenvalue weighted by Gasteiger charge is -2.18. The van der Waals surface area contributed by atoms with E-state index in [9.17, 15) is 14.4 Å². The fraction of sp³-hybridized carbons (Fsp3) is 0.250. The minimum absolute atomic E-state index is 0.169. The molecule has 0 aliphatic carbocycles. The van der Waals surface area contributed by atoms with Crippen LogP contribution >= 0.6 is 11.6 Å². The van der Waals surface area contributed by atoms with Crippen LogP contribution < -0.4 is 11.1 Å². The lowest BCUT2D eigenvalue weighted by atomic mass is 10.1. The number of benzene rings is 2. The normalized spacial score (nSPS) is 10.3. The van der Waals surface area contributed by atoms with Crippen molar-refractivity contribution < 1.29 is 19.1 Å². The fourth-order valence-corrected chi connectivity index (χ4v) is 2.60. The van der Waals surface area contributed by atoms with E-state index < -0.39 is 18.5 Å². The second-order valence-electron chi connectivity index (χ2n) is 6.38. The van der Waals surface area contributed by atoms with E-state index >= 15 is 0 Å². The van der Waals surface area contributed by atoms with E-state index in [1.54, 1.807) is 0 Å². The van der Waals surface area contributed by atoms with E-state index in [0.29, 0.717) is 5.02 Å². The molecule has 148 valence electrons. The summed E-state index contributed by atoms with van der Waals surface area (Å²) in [7, 11) is 1.46. The predicted molar refractivity (Wildman–Crippen MR) is 108 cm³/mol. The van der Waals surface area contributed by atoms with Crippen molar-refractivity contribution in [3.8, 4) is 0 Å². The van der Waals surface area contributed by atoms with Crippen LogP contribution in [0.4, 0.5) is 11.4 Å². The summed E-state index contributed by atoms with van der Waals surface area (Å²) in [6.07, 6.45) is 0. The first kappa shape index (κ1) is 21.2. The monoisotopic (exact) mass is 403 g/mol. The van der Waals surface area contributed by atoms with Gasteiger partial charge in [0.2, 0.25) is 5.91 Å². The third kappa shape index (κ3) is 5.47. The van der Waals surface area contributed by atoms with Crippen LogP contribution in [0.3, 0.4) is 0 Å². The number of likely N-dealkylation sites (N-methyl/N-ethyl adjacent to an activating group) is 1. The Balaban J connectivity index is 1.87. The third-order valence-corrected chi connectivity index (χ3v) is 4.45. The molecule has 0 fully saturated rings. The molecule has 0 spiro atoms. The molecule has 2 aromatic rings. The molecule has 0 aromatic heterocycles. The SMILES string of the molecule is Cc1cccc(C)c1NC(=O)CN(C)C(=O)COC(=O)c1ccc(Cl)c(N)c1. The highest BCUT2D eigenvalue weighted by Gasteiger charge is 2.17. The summed E-state index contributed by atoms with van der Waals surface area (Å²) in [5, 5.41) is 3.12. The van der Waals surface area contributed by atoms with Crippen molar-refractivity contribution in [2.75, 3.05) is 31.2 Å². The van der Waals surface area contributed by atoms with Crippen LogP contribution in [0, 0.1) is 13.8 Å². The summed E-state index contributed by atoms with van der Waals surface area (Å²) in [4.78, 5) is 37.6. The number of carbonyl (C=O) groups excluding carboxylic acids is 3. The molecule has 8 heteroatoms. The molecule has 2 aromatic carbocycles. The Morgan fingerprint density at radius 2 is 1.79 bits per heavy atom. The van der Waals surface area contributed by atoms with Gasteiger partial charge in [-0.3, -0.25) is 9.59 Å². The largest absolute Gasteiger partial charge is 0.452 e. The fourth-order valence-electron chi connectivity index (χ4n) is 2.49. The predicted octanol–water partition coefficient (Wildman–Crippen LogP) is 2.79. The van der Waals surface area contributed by atoms with Gasteiger partial charge >= 0.3 is 5.97 Å². The van der Waals surface area contributed by atoms with Gasteiger partial charge in [0, 0.05) is 12.7 Å². The standard InChI is InChI=1S/C20H22ClN3O4/c1-12-5-4-6-13(2)19(12)23-17(25)10-24(3)18(26)11-28-20(27)14-7-8-15(21)16(22)9-14/h4-9H,10-11,22H2,1-3H3,(H,23,25). The number of ether oxygens (including phenoxy) is 1. The summed E-state index contributed by atoms with van der Waals surface area (Å²) < 4.78 is 4.98. The number of hydrogen-bond acceptors (Lipinski definition) is 5. The lowest BCUT2D eigenvalue weighted by Crippen LogP contribution is -2.37. The van der Waals surface area contributed by atoms with Gasteiger partial charge in [-0.05, 0) is 43.2 Å². The number of nitrogens with one attached hydrogen (secondary N) is 1. The molecular formula is C20H22ClN3O4. The van der Waals surface area contributed by atoms with Crippen LogP contribution in [0.2, 0.25) is 5.02 Å². The van der Waals surface area contributed by atoms with Gasteiger partial charge in [-0.1, -0.05) is 29.8 Å². The first-order chi connectivity index (χ1) is 13.2. The topological polar surface area (TPSA) is 102 Å². The maximum atomic E-state index is 12.2. The van der Waals surface area contributed by atoms with Crippen molar-refractivity contribution in [2.24, 2.45) is 0 Å². The molecule has 0 heterocycles. The molecule has 7 nitrogen and oxygen atoms in total. The zero-order valence-corrected chi connectivity index (χ0v) is 16.7. The molecule has 0 unspecified atom stereocenters. The maximum Gasteiger partial charge on any atom is 0.338 e. The summed E-state index contributed by atoms with van der Waals surface area (Å²) >= 11 is 5.80. The van der Waals surface area contributed by atoms with Gasteiger partial charge in [0.25, 0.3) is 5.91 Å². The number of nitrogens with two attached hydrogens (primary N) is 1. The second kappa shape index (κ2) is 9.23. The molecule has 0 aliphatic heterocycles. The van der Waals surface area contributed by atoms with Crippen molar-refractivity contribution in [3.63, 3.8) is 0 Å². The van der Waals surface area contributed by atoms with E-state index in [0.717, 1.165) is 16.8 Å². The number of nitrogens with zero attached hydrogens (tertiary/aromatic N) is 1. The highest BCUT2D eigenvalue weighted by Crippen LogP contribution is 2.20. The van der Waals surface area contributed by atoms with Gasteiger partial charge < -0.3 is 20.7 Å². The molecule has 0 saturated heterocycles. The molecule has 0 saturated carbocycles. The quantitative estimate of drug-likeness (QED) is 0.570. The van der Waals surface area contributed by atoms with Gasteiger partial charge in [0.15, 0.2) is 6.61 Å². The Hall–Kier alpha value is -3.06.